The van der Waals surface area contributed by atoms with Gasteiger partial charge in [0.1, 0.15) is 0 Å². The van der Waals surface area contributed by atoms with E-state index >= 15 is 0 Å². The lowest BCUT2D eigenvalue weighted by Gasteiger charge is -2.09. The molecule has 18 heavy (non-hydrogen) atoms. The molecule has 0 saturated carbocycles. The zero-order chi connectivity index (χ0) is 13.8. The maximum atomic E-state index is 11.8. The highest BCUT2D eigenvalue weighted by atomic mass is 35.5. The molecule has 1 aromatic carbocycles. The number of hydrogen-bond donors (Lipinski definition) is 2. The van der Waals surface area contributed by atoms with E-state index in [-0.39, 0.29) is 5.02 Å². The summed E-state index contributed by atoms with van der Waals surface area (Å²) in [4.78, 5) is 11.2. The summed E-state index contributed by atoms with van der Waals surface area (Å²) in [6.07, 6.45) is -5.38. The molecule has 0 unspecified atom stereocenters. The minimum Gasteiger partial charge on any atom is -0.338 e. The highest BCUT2D eigenvalue weighted by Gasteiger charge is 2.26. The molecule has 2 N–H and O–H groups in total. The maximum absolute atomic E-state index is 11.8. The Bertz CT molecular complexity index is 438. The normalized spacial score (nSPS) is 11.2. The van der Waals surface area contributed by atoms with Crippen LogP contribution in [0.15, 0.2) is 18.2 Å². The van der Waals surface area contributed by atoms with E-state index in [0.29, 0.717) is 10.7 Å². The second-order valence-corrected chi connectivity index (χ2v) is 4.19. The third-order valence-electron chi connectivity index (χ3n) is 1.87. The molecule has 0 aliphatic rings. The molecule has 0 heterocycles. The summed E-state index contributed by atoms with van der Waals surface area (Å²) in [6.45, 7) is -0.489. The van der Waals surface area contributed by atoms with E-state index in [4.69, 9.17) is 23.2 Å². The largest absolute Gasteiger partial charge is 0.390 e. The molecule has 0 aromatic heterocycles. The molecule has 0 saturated heterocycles. The summed E-state index contributed by atoms with van der Waals surface area (Å²) in [6, 6.07) is 3.61. The molecule has 0 radical (unpaired) electrons. The molecular formula is C10H9Cl2F3N2O. The van der Waals surface area contributed by atoms with Crippen LogP contribution in [0.4, 0.5) is 23.7 Å². The van der Waals surface area contributed by atoms with E-state index in [1.54, 1.807) is 0 Å². The average molecular weight is 301 g/mol. The zero-order valence-corrected chi connectivity index (χ0v) is 10.5. The first kappa shape index (κ1) is 14.9. The number of nitrogens with one attached hydrogen (secondary N) is 2. The van der Waals surface area contributed by atoms with Gasteiger partial charge < -0.3 is 10.6 Å². The summed E-state index contributed by atoms with van der Waals surface area (Å²) < 4.78 is 35.5. The van der Waals surface area contributed by atoms with Gasteiger partial charge in [0.15, 0.2) is 0 Å². The third kappa shape index (κ3) is 5.46. The van der Waals surface area contributed by atoms with Crippen molar-refractivity contribution in [1.82, 2.24) is 5.32 Å². The molecule has 1 aromatic rings. The molecule has 0 spiro atoms. The first-order chi connectivity index (χ1) is 8.28. The number of rotatable bonds is 3. The van der Waals surface area contributed by atoms with Gasteiger partial charge in [-0.15, -0.1) is 0 Å². The van der Waals surface area contributed by atoms with E-state index in [9.17, 15) is 18.0 Å². The quantitative estimate of drug-likeness (QED) is 0.868. The van der Waals surface area contributed by atoms with Gasteiger partial charge in [-0.25, -0.2) is 4.79 Å². The van der Waals surface area contributed by atoms with E-state index in [0.717, 1.165) is 0 Å². The summed E-state index contributed by atoms with van der Waals surface area (Å²) in [5.74, 6) is 0. The zero-order valence-electron chi connectivity index (χ0n) is 8.94. The molecule has 8 heteroatoms. The van der Waals surface area contributed by atoms with Crippen LogP contribution in [-0.4, -0.2) is 18.8 Å². The van der Waals surface area contributed by atoms with Gasteiger partial charge in [-0.3, -0.25) is 0 Å². The van der Waals surface area contributed by atoms with Gasteiger partial charge in [-0.05, 0) is 18.2 Å². The van der Waals surface area contributed by atoms with Gasteiger partial charge >= 0.3 is 12.2 Å². The van der Waals surface area contributed by atoms with Crippen molar-refractivity contribution in [2.45, 2.75) is 12.6 Å². The summed E-state index contributed by atoms with van der Waals surface area (Å²) in [7, 11) is 0. The predicted octanol–water partition coefficient (Wildman–Crippen LogP) is 4.07. The minimum atomic E-state index is -4.29. The van der Waals surface area contributed by atoms with E-state index in [1.165, 1.54) is 18.2 Å². The molecule has 1 rings (SSSR count). The Morgan fingerprint density at radius 1 is 1.22 bits per heavy atom. The molecule has 2 amide bonds. The number of benzene rings is 1. The van der Waals surface area contributed by atoms with E-state index in [2.05, 4.69) is 10.6 Å². The summed E-state index contributed by atoms with van der Waals surface area (Å²) >= 11 is 11.4. The van der Waals surface area contributed by atoms with Crippen LogP contribution in [0.2, 0.25) is 10.0 Å². The second-order valence-electron chi connectivity index (χ2n) is 3.37. The van der Waals surface area contributed by atoms with Crippen molar-refractivity contribution in [3.63, 3.8) is 0 Å². The van der Waals surface area contributed by atoms with Crippen molar-refractivity contribution < 1.29 is 18.0 Å². The second kappa shape index (κ2) is 6.15. The van der Waals surface area contributed by atoms with Crippen LogP contribution >= 0.6 is 23.2 Å². The van der Waals surface area contributed by atoms with Gasteiger partial charge in [0.2, 0.25) is 0 Å². The minimum absolute atomic E-state index is 0.241. The van der Waals surface area contributed by atoms with Gasteiger partial charge in [0.05, 0.1) is 16.5 Å². The lowest BCUT2D eigenvalue weighted by atomic mass is 10.3. The van der Waals surface area contributed by atoms with Crippen molar-refractivity contribution in [2.75, 3.05) is 11.9 Å². The van der Waals surface area contributed by atoms with Crippen LogP contribution < -0.4 is 10.6 Å². The van der Waals surface area contributed by atoms with Crippen LogP contribution in [0, 0.1) is 0 Å². The summed E-state index contributed by atoms with van der Waals surface area (Å²) in [5, 5.41) is 4.97. The molecule has 0 aliphatic heterocycles. The van der Waals surface area contributed by atoms with Crippen LogP contribution in [0.3, 0.4) is 0 Å². The first-order valence-electron chi connectivity index (χ1n) is 4.84. The van der Waals surface area contributed by atoms with E-state index < -0.39 is 25.2 Å². The Labute approximate surface area is 111 Å². The number of halogens is 5. The van der Waals surface area contributed by atoms with Crippen LogP contribution in [-0.2, 0) is 0 Å². The number of carbonyl (C=O) groups is 1. The van der Waals surface area contributed by atoms with Gasteiger partial charge in [0, 0.05) is 12.2 Å². The number of amides is 2. The highest BCUT2D eigenvalue weighted by molar-refractivity contribution is 6.42. The fraction of sp³-hybridized carbons (Fsp3) is 0.300. The fourth-order valence-electron chi connectivity index (χ4n) is 1.07. The maximum Gasteiger partial charge on any atom is 0.390 e. The molecule has 3 nitrogen and oxygen atoms in total. The van der Waals surface area contributed by atoms with Gasteiger partial charge in [-0.2, -0.15) is 13.2 Å². The average Bonchev–Trinajstić information content (AvgIpc) is 2.21. The molecule has 100 valence electrons. The van der Waals surface area contributed by atoms with E-state index in [1.807, 2.05) is 0 Å². The summed E-state index contributed by atoms with van der Waals surface area (Å²) in [5.41, 5.74) is 0.342. The number of carbonyl (C=O) groups excluding carboxylic acids is 1. The van der Waals surface area contributed by atoms with Crippen LogP contribution in [0.5, 0.6) is 0 Å². The van der Waals surface area contributed by atoms with Crippen molar-refractivity contribution in [1.29, 1.82) is 0 Å². The van der Waals surface area contributed by atoms with Crippen molar-refractivity contribution in [3.8, 4) is 0 Å². The Hall–Kier alpha value is -1.14. The topological polar surface area (TPSA) is 41.1 Å². The molecule has 0 atom stereocenters. The standard InChI is InChI=1S/C10H9Cl2F3N2O/c11-7-2-1-6(5-8(7)12)17-9(18)16-4-3-10(13,14)15/h1-2,5H,3-4H2,(H2,16,17,18). The fourth-order valence-corrected chi connectivity index (χ4v) is 1.37. The highest BCUT2D eigenvalue weighted by Crippen LogP contribution is 2.24. The van der Waals surface area contributed by atoms with Crippen molar-refractivity contribution in [2.24, 2.45) is 0 Å². The Kier molecular flexibility index (Phi) is 5.10. The smallest absolute Gasteiger partial charge is 0.338 e. The molecule has 0 fully saturated rings. The SMILES string of the molecule is O=C(NCCC(F)(F)F)Nc1ccc(Cl)c(Cl)c1. The lowest BCUT2D eigenvalue weighted by molar-refractivity contribution is -0.132. The predicted molar refractivity (Wildman–Crippen MR) is 64.2 cm³/mol. The lowest BCUT2D eigenvalue weighted by Crippen LogP contribution is -2.31. The number of anilines is 1. The van der Waals surface area contributed by atoms with Crippen LogP contribution in [0.25, 0.3) is 0 Å². The Morgan fingerprint density at radius 3 is 2.44 bits per heavy atom. The molecule has 0 bridgehead atoms. The van der Waals surface area contributed by atoms with Crippen molar-refractivity contribution >= 4 is 34.9 Å². The Morgan fingerprint density at radius 2 is 1.89 bits per heavy atom. The number of urea groups is 1. The Balaban J connectivity index is 2.42. The van der Waals surface area contributed by atoms with Gasteiger partial charge in [-0.1, -0.05) is 23.2 Å². The number of alkyl halides is 3. The molecular weight excluding hydrogens is 292 g/mol. The van der Waals surface area contributed by atoms with Gasteiger partial charge in [0.25, 0.3) is 0 Å². The monoisotopic (exact) mass is 300 g/mol. The number of hydrogen-bond acceptors (Lipinski definition) is 1. The molecule has 0 aliphatic carbocycles. The first-order valence-corrected chi connectivity index (χ1v) is 5.60. The van der Waals surface area contributed by atoms with Crippen molar-refractivity contribution in [3.05, 3.63) is 28.2 Å². The van der Waals surface area contributed by atoms with Crippen LogP contribution in [0.1, 0.15) is 6.42 Å². The third-order valence-corrected chi connectivity index (χ3v) is 2.61.